The average molecular weight is 658 g/mol. The number of amides is 1. The lowest BCUT2D eigenvalue weighted by atomic mass is 10.0. The molecule has 1 N–H and O–H groups in total. The van der Waals surface area contributed by atoms with Crippen molar-refractivity contribution in [2.75, 3.05) is 24.8 Å². The molecule has 8 nitrogen and oxygen atoms in total. The van der Waals surface area contributed by atoms with Gasteiger partial charge < -0.3 is 19.0 Å². The van der Waals surface area contributed by atoms with Gasteiger partial charge >= 0.3 is 5.69 Å². The number of hydrogen-bond donors (Lipinski definition) is 1. The number of nitrogens with zero attached hydrogens (tertiary/aromatic N) is 2. The van der Waals surface area contributed by atoms with E-state index < -0.39 is 27.4 Å². The van der Waals surface area contributed by atoms with Gasteiger partial charge in [0.05, 0.1) is 19.9 Å². The first-order valence-electron chi connectivity index (χ1n) is 15.7. The number of benzene rings is 3. The lowest BCUT2D eigenvalue weighted by Crippen LogP contribution is -2.59. The molecule has 5 rings (SSSR count). The third-order valence-corrected chi connectivity index (χ3v) is 16.9. The van der Waals surface area contributed by atoms with Crippen LogP contribution < -0.4 is 21.4 Å². The van der Waals surface area contributed by atoms with Gasteiger partial charge in [-0.25, -0.2) is 4.79 Å². The minimum atomic E-state index is -2.64. The van der Waals surface area contributed by atoms with Crippen LogP contribution in [0.1, 0.15) is 49.3 Å². The summed E-state index contributed by atoms with van der Waals surface area (Å²) in [6.45, 7) is 12.2. The number of hydrogen-bond acceptors (Lipinski definition) is 6. The molecule has 0 aliphatic carbocycles. The first-order chi connectivity index (χ1) is 21.8. The Bertz CT molecular complexity index is 1720. The Hall–Kier alpha value is -3.62. The largest absolute Gasteiger partial charge is 0.406 e. The fourth-order valence-electron chi connectivity index (χ4n) is 5.81. The summed E-state index contributed by atoms with van der Waals surface area (Å²) in [6, 6.07) is 29.4. The molecular formula is C36H44N3O5PSi. The Labute approximate surface area is 272 Å². The molecule has 4 unspecified atom stereocenters. The normalized spacial score (nSPS) is 19.8. The Balaban J connectivity index is 1.42. The fraction of sp³-hybridized carbons (Fsp3) is 0.361. The molecule has 2 heterocycles. The maximum atomic E-state index is 14.0. The van der Waals surface area contributed by atoms with Crippen molar-refractivity contribution in [1.82, 2.24) is 9.55 Å². The molecule has 10 heteroatoms. The van der Waals surface area contributed by atoms with Crippen molar-refractivity contribution in [3.63, 3.8) is 0 Å². The van der Waals surface area contributed by atoms with E-state index in [0.717, 1.165) is 10.4 Å². The van der Waals surface area contributed by atoms with Crippen molar-refractivity contribution in [3.8, 4) is 0 Å². The Kier molecular flexibility index (Phi) is 9.99. The van der Waals surface area contributed by atoms with Crippen molar-refractivity contribution < 1.29 is 18.5 Å². The number of anilines is 1. The molecule has 46 heavy (non-hydrogen) atoms. The molecule has 0 radical (unpaired) electrons. The predicted molar refractivity (Wildman–Crippen MR) is 188 cm³/mol. The summed E-state index contributed by atoms with van der Waals surface area (Å²) in [5.41, 5.74) is 0.581. The highest BCUT2D eigenvalue weighted by Crippen LogP contribution is 2.57. The molecule has 0 bridgehead atoms. The zero-order valence-corrected chi connectivity index (χ0v) is 29.4. The van der Waals surface area contributed by atoms with Crippen LogP contribution in [0.25, 0.3) is 0 Å². The fourth-order valence-corrected chi connectivity index (χ4v) is 10.5. The molecular weight excluding hydrogens is 613 g/mol. The second-order valence-corrected chi connectivity index (χ2v) is 20.9. The highest BCUT2D eigenvalue weighted by Gasteiger charge is 2.44. The van der Waals surface area contributed by atoms with Gasteiger partial charge in [0.25, 0.3) is 14.2 Å². The van der Waals surface area contributed by atoms with Crippen LogP contribution >= 0.6 is 7.14 Å². The van der Waals surface area contributed by atoms with Crippen LogP contribution in [-0.4, -0.2) is 54.5 Å². The van der Waals surface area contributed by atoms with E-state index in [1.807, 2.05) is 69.9 Å². The van der Waals surface area contributed by atoms with E-state index in [2.05, 4.69) is 41.1 Å². The first-order valence-corrected chi connectivity index (χ1v) is 20.5. The molecule has 3 aromatic carbocycles. The second kappa shape index (κ2) is 13.6. The third kappa shape index (κ3) is 7.34. The van der Waals surface area contributed by atoms with Crippen molar-refractivity contribution >= 4 is 37.6 Å². The molecule has 4 atom stereocenters. The maximum Gasteiger partial charge on any atom is 0.351 e. The van der Waals surface area contributed by atoms with Gasteiger partial charge in [0.1, 0.15) is 12.0 Å². The van der Waals surface area contributed by atoms with Crippen molar-refractivity contribution in [1.29, 1.82) is 0 Å². The molecule has 242 valence electrons. The van der Waals surface area contributed by atoms with Crippen LogP contribution in [0, 0.1) is 12.8 Å². The first kappa shape index (κ1) is 33.7. The predicted octanol–water partition coefficient (Wildman–Crippen LogP) is 5.91. The summed E-state index contributed by atoms with van der Waals surface area (Å²) < 4.78 is 29.0. The van der Waals surface area contributed by atoms with Gasteiger partial charge in [0.15, 0.2) is 0 Å². The van der Waals surface area contributed by atoms with Crippen LogP contribution in [-0.2, 0) is 13.7 Å². The van der Waals surface area contributed by atoms with E-state index in [1.54, 1.807) is 37.4 Å². The van der Waals surface area contributed by atoms with Gasteiger partial charge in [-0.15, -0.1) is 0 Å². The minimum absolute atomic E-state index is 0.102. The lowest BCUT2D eigenvalue weighted by molar-refractivity contribution is -0.0271. The quantitative estimate of drug-likeness (QED) is 0.168. The molecule has 1 saturated heterocycles. The van der Waals surface area contributed by atoms with E-state index in [0.29, 0.717) is 30.3 Å². The monoisotopic (exact) mass is 657 g/mol. The molecule has 1 aliphatic heterocycles. The van der Waals surface area contributed by atoms with Gasteiger partial charge in [-0.1, -0.05) is 99.6 Å². The van der Waals surface area contributed by atoms with E-state index in [1.165, 1.54) is 4.57 Å². The number of carbonyl (C=O) groups is 1. The molecule has 1 aliphatic rings. The van der Waals surface area contributed by atoms with E-state index >= 15 is 0 Å². The van der Waals surface area contributed by atoms with Crippen LogP contribution in [0.15, 0.2) is 102 Å². The van der Waals surface area contributed by atoms with Crippen molar-refractivity contribution in [2.45, 2.75) is 58.2 Å². The average Bonchev–Trinajstić information content (AvgIpc) is 3.43. The summed E-state index contributed by atoms with van der Waals surface area (Å²) >= 11 is 0. The standard InChI is InChI=1S/C36H44N3O5PSi/c1-26-23-39(35(41)38-33(26)37-34(40)27-16-10-7-11-17-27)32-22-28(25-45(5,42)36(2,3)4)31(44-32)24-43-46(6,29-18-12-8-13-19-29)30-20-14-9-15-21-30/h7-21,23,28,31-32H,22,24-25H2,1-6H3,(H,37,38,40,41). The third-order valence-electron chi connectivity index (χ3n) is 9.26. The summed E-state index contributed by atoms with van der Waals surface area (Å²) in [6.07, 6.45) is 1.65. The summed E-state index contributed by atoms with van der Waals surface area (Å²) in [7, 11) is -5.25. The Morgan fingerprint density at radius 1 is 1.00 bits per heavy atom. The summed E-state index contributed by atoms with van der Waals surface area (Å²) in [4.78, 5) is 30.4. The van der Waals surface area contributed by atoms with E-state index in [9.17, 15) is 14.2 Å². The minimum Gasteiger partial charge on any atom is -0.406 e. The SMILES string of the molecule is Cc1cn(C2CC(CP(C)(=O)C(C)(C)C)C(CO[Si](C)(c3ccccc3)c3ccccc3)O2)c(=O)nc1NC(=O)c1ccccc1. The Morgan fingerprint density at radius 3 is 2.09 bits per heavy atom. The topological polar surface area (TPSA) is 99.5 Å². The van der Waals surface area contributed by atoms with Crippen molar-refractivity contribution in [2.24, 2.45) is 5.92 Å². The number of aryl methyl sites for hydroxylation is 1. The maximum absolute atomic E-state index is 14.0. The van der Waals surface area contributed by atoms with Crippen LogP contribution in [0.2, 0.25) is 6.55 Å². The highest BCUT2D eigenvalue weighted by molar-refractivity contribution is 7.64. The molecule has 4 aromatic rings. The zero-order valence-electron chi connectivity index (χ0n) is 27.5. The Morgan fingerprint density at radius 2 is 1.54 bits per heavy atom. The smallest absolute Gasteiger partial charge is 0.351 e. The highest BCUT2D eigenvalue weighted by atomic mass is 31.2. The number of nitrogens with one attached hydrogen (secondary N) is 1. The molecule has 1 amide bonds. The molecule has 1 aromatic heterocycles. The van der Waals surface area contributed by atoms with Crippen molar-refractivity contribution in [3.05, 3.63) is 119 Å². The molecule has 0 saturated carbocycles. The van der Waals surface area contributed by atoms with E-state index in [-0.39, 0.29) is 28.9 Å². The number of ether oxygens (including phenoxy) is 1. The number of rotatable bonds is 10. The summed E-state index contributed by atoms with van der Waals surface area (Å²) in [5.74, 6) is -0.231. The zero-order chi connectivity index (χ0) is 33.1. The lowest BCUT2D eigenvalue weighted by Gasteiger charge is -2.33. The van der Waals surface area contributed by atoms with Gasteiger partial charge in [-0.2, -0.15) is 4.98 Å². The van der Waals surface area contributed by atoms with Gasteiger partial charge in [0, 0.05) is 28.6 Å². The number of aromatic nitrogens is 2. The summed E-state index contributed by atoms with van der Waals surface area (Å²) in [5, 5.41) is 4.68. The molecule has 0 spiro atoms. The van der Waals surface area contributed by atoms with Gasteiger partial charge in [0.2, 0.25) is 0 Å². The number of carbonyl (C=O) groups excluding carboxylic acids is 1. The van der Waals surface area contributed by atoms with Crippen LogP contribution in [0.5, 0.6) is 0 Å². The molecule has 1 fully saturated rings. The second-order valence-electron chi connectivity index (χ2n) is 13.4. The van der Waals surface area contributed by atoms with Gasteiger partial charge in [-0.3, -0.25) is 9.36 Å². The van der Waals surface area contributed by atoms with Gasteiger partial charge in [-0.05, 0) is 55.0 Å². The van der Waals surface area contributed by atoms with E-state index in [4.69, 9.17) is 9.16 Å². The van der Waals surface area contributed by atoms with Crippen LogP contribution in [0.3, 0.4) is 0 Å². The van der Waals surface area contributed by atoms with Crippen LogP contribution in [0.4, 0.5) is 5.82 Å².